The molecule has 0 aliphatic carbocycles. The Hall–Kier alpha value is -1.95. The van der Waals surface area contributed by atoms with Crippen molar-refractivity contribution < 1.29 is 23.5 Å². The van der Waals surface area contributed by atoms with E-state index in [4.69, 9.17) is 4.74 Å². The molecule has 0 aromatic heterocycles. The largest absolute Gasteiger partial charge is 0.467 e. The summed E-state index contributed by atoms with van der Waals surface area (Å²) in [7, 11) is 1.27. The summed E-state index contributed by atoms with van der Waals surface area (Å²) in [5.74, 6) is -1.10. The van der Waals surface area contributed by atoms with Crippen LogP contribution in [-0.2, 0) is 14.3 Å². The van der Waals surface area contributed by atoms with E-state index in [2.05, 4.69) is 10.1 Å². The molecule has 0 spiro atoms. The van der Waals surface area contributed by atoms with E-state index in [1.54, 1.807) is 0 Å². The van der Waals surface area contributed by atoms with Crippen molar-refractivity contribution in [2.24, 2.45) is 5.92 Å². The molecule has 6 heteroatoms. The summed E-state index contributed by atoms with van der Waals surface area (Å²) < 4.78 is 22.5. The minimum atomic E-state index is -0.716. The van der Waals surface area contributed by atoms with Crippen LogP contribution >= 0.6 is 0 Å². The molecule has 2 rings (SSSR count). The van der Waals surface area contributed by atoms with E-state index in [0.717, 1.165) is 0 Å². The molecule has 1 aliphatic rings. The van der Waals surface area contributed by atoms with Crippen molar-refractivity contribution in [1.29, 1.82) is 0 Å². The van der Waals surface area contributed by atoms with Crippen LogP contribution in [-0.4, -0.2) is 38.2 Å². The van der Waals surface area contributed by atoms with Gasteiger partial charge in [-0.15, -0.1) is 0 Å². The highest BCUT2D eigenvalue weighted by molar-refractivity contribution is 5.96. The SMILES string of the molecule is COC(=O)C(CC1COC1)NC(=O)c1ccc(F)cc1. The number of benzene rings is 1. The van der Waals surface area contributed by atoms with Crippen LogP contribution in [0, 0.1) is 11.7 Å². The second-order valence-electron chi connectivity index (χ2n) is 4.70. The fourth-order valence-corrected chi connectivity index (χ4v) is 1.95. The van der Waals surface area contributed by atoms with Crippen molar-refractivity contribution in [1.82, 2.24) is 5.32 Å². The topological polar surface area (TPSA) is 64.6 Å². The third-order valence-corrected chi connectivity index (χ3v) is 3.17. The number of methoxy groups -OCH3 is 1. The summed E-state index contributed by atoms with van der Waals surface area (Å²) in [6.45, 7) is 1.17. The van der Waals surface area contributed by atoms with E-state index in [1.165, 1.54) is 31.4 Å². The maximum atomic E-state index is 12.8. The van der Waals surface area contributed by atoms with E-state index >= 15 is 0 Å². The molecule has 1 atom stereocenters. The molecule has 1 aliphatic heterocycles. The van der Waals surface area contributed by atoms with Crippen LogP contribution in [0.25, 0.3) is 0 Å². The van der Waals surface area contributed by atoms with Gasteiger partial charge in [-0.1, -0.05) is 0 Å². The van der Waals surface area contributed by atoms with Crippen LogP contribution in [0.2, 0.25) is 0 Å². The van der Waals surface area contributed by atoms with Gasteiger partial charge in [0.15, 0.2) is 0 Å². The number of carbonyl (C=O) groups excluding carboxylic acids is 2. The maximum Gasteiger partial charge on any atom is 0.328 e. The summed E-state index contributed by atoms with van der Waals surface area (Å²) in [5, 5.41) is 2.61. The number of ether oxygens (including phenoxy) is 2. The summed E-state index contributed by atoms with van der Waals surface area (Å²) in [6.07, 6.45) is 0.472. The molecular weight excluding hydrogens is 265 g/mol. The second kappa shape index (κ2) is 6.47. The Bertz CT molecular complexity index is 484. The van der Waals surface area contributed by atoms with Crippen LogP contribution < -0.4 is 5.32 Å². The van der Waals surface area contributed by atoms with Gasteiger partial charge in [-0.05, 0) is 30.7 Å². The standard InChI is InChI=1S/C14H16FNO4/c1-19-14(18)12(6-9-7-20-8-9)16-13(17)10-2-4-11(15)5-3-10/h2-5,9,12H,6-8H2,1H3,(H,16,17). The molecule has 1 aromatic carbocycles. The van der Waals surface area contributed by atoms with E-state index < -0.39 is 23.7 Å². The highest BCUT2D eigenvalue weighted by Crippen LogP contribution is 2.17. The second-order valence-corrected chi connectivity index (χ2v) is 4.70. The van der Waals surface area contributed by atoms with Crippen LogP contribution in [0.3, 0.4) is 0 Å². The van der Waals surface area contributed by atoms with Crippen molar-refractivity contribution in [2.45, 2.75) is 12.5 Å². The third-order valence-electron chi connectivity index (χ3n) is 3.17. The predicted octanol–water partition coefficient (Wildman–Crippen LogP) is 1.13. The molecule has 0 radical (unpaired) electrons. The fraction of sp³-hybridized carbons (Fsp3) is 0.429. The van der Waals surface area contributed by atoms with Gasteiger partial charge in [0.25, 0.3) is 5.91 Å². The zero-order chi connectivity index (χ0) is 14.5. The highest BCUT2D eigenvalue weighted by atomic mass is 19.1. The number of halogens is 1. The number of nitrogens with one attached hydrogen (secondary N) is 1. The smallest absolute Gasteiger partial charge is 0.328 e. The first-order valence-corrected chi connectivity index (χ1v) is 6.32. The normalized spacial score (nSPS) is 16.1. The highest BCUT2D eigenvalue weighted by Gasteiger charge is 2.29. The molecule has 5 nitrogen and oxygen atoms in total. The van der Waals surface area contributed by atoms with Crippen LogP contribution in [0.5, 0.6) is 0 Å². The number of hydrogen-bond donors (Lipinski definition) is 1. The monoisotopic (exact) mass is 281 g/mol. The Morgan fingerprint density at radius 2 is 2.05 bits per heavy atom. The maximum absolute atomic E-state index is 12.8. The van der Waals surface area contributed by atoms with Gasteiger partial charge in [-0.2, -0.15) is 0 Å². The number of carbonyl (C=O) groups is 2. The van der Waals surface area contributed by atoms with E-state index in [0.29, 0.717) is 25.2 Å². The zero-order valence-corrected chi connectivity index (χ0v) is 11.1. The van der Waals surface area contributed by atoms with Gasteiger partial charge in [0.2, 0.25) is 0 Å². The molecular formula is C14H16FNO4. The Morgan fingerprint density at radius 3 is 2.55 bits per heavy atom. The molecule has 0 bridgehead atoms. The van der Waals surface area contributed by atoms with Crippen molar-refractivity contribution in [3.8, 4) is 0 Å². The van der Waals surface area contributed by atoms with Crippen LogP contribution in [0.15, 0.2) is 24.3 Å². The lowest BCUT2D eigenvalue weighted by Crippen LogP contribution is -2.45. The van der Waals surface area contributed by atoms with Crippen molar-refractivity contribution >= 4 is 11.9 Å². The molecule has 108 valence electrons. The van der Waals surface area contributed by atoms with Gasteiger partial charge >= 0.3 is 5.97 Å². The number of hydrogen-bond acceptors (Lipinski definition) is 4. The Labute approximate surface area is 116 Å². The molecule has 20 heavy (non-hydrogen) atoms. The van der Waals surface area contributed by atoms with Gasteiger partial charge in [0.1, 0.15) is 11.9 Å². The Balaban J connectivity index is 2.00. The van der Waals surface area contributed by atoms with Crippen molar-refractivity contribution in [3.05, 3.63) is 35.6 Å². The number of esters is 1. The first-order chi connectivity index (χ1) is 9.60. The quantitative estimate of drug-likeness (QED) is 0.822. The molecule has 1 N–H and O–H groups in total. The van der Waals surface area contributed by atoms with Crippen molar-refractivity contribution in [3.63, 3.8) is 0 Å². The average molecular weight is 281 g/mol. The van der Waals surface area contributed by atoms with Gasteiger partial charge < -0.3 is 14.8 Å². The van der Waals surface area contributed by atoms with E-state index in [-0.39, 0.29) is 5.92 Å². The molecule has 1 saturated heterocycles. The van der Waals surface area contributed by atoms with E-state index in [1.807, 2.05) is 0 Å². The Morgan fingerprint density at radius 1 is 1.40 bits per heavy atom. The predicted molar refractivity (Wildman–Crippen MR) is 68.6 cm³/mol. The third kappa shape index (κ3) is 3.54. The lowest BCUT2D eigenvalue weighted by Gasteiger charge is -2.29. The fourth-order valence-electron chi connectivity index (χ4n) is 1.95. The number of rotatable bonds is 5. The zero-order valence-electron chi connectivity index (χ0n) is 11.1. The van der Waals surface area contributed by atoms with Crippen LogP contribution in [0.4, 0.5) is 4.39 Å². The van der Waals surface area contributed by atoms with E-state index in [9.17, 15) is 14.0 Å². The van der Waals surface area contributed by atoms with Crippen LogP contribution in [0.1, 0.15) is 16.8 Å². The summed E-state index contributed by atoms with van der Waals surface area (Å²) in [5.41, 5.74) is 0.296. The molecule has 1 fully saturated rings. The number of amides is 1. The molecule has 1 aromatic rings. The molecule has 1 amide bonds. The first-order valence-electron chi connectivity index (χ1n) is 6.32. The minimum Gasteiger partial charge on any atom is -0.467 e. The molecule has 0 saturated carbocycles. The van der Waals surface area contributed by atoms with Gasteiger partial charge in [-0.3, -0.25) is 4.79 Å². The summed E-state index contributed by atoms with van der Waals surface area (Å²) in [6, 6.07) is 4.41. The summed E-state index contributed by atoms with van der Waals surface area (Å²) >= 11 is 0. The van der Waals surface area contributed by atoms with Crippen molar-refractivity contribution in [2.75, 3.05) is 20.3 Å². The lowest BCUT2D eigenvalue weighted by atomic mass is 9.98. The summed E-state index contributed by atoms with van der Waals surface area (Å²) in [4.78, 5) is 23.7. The van der Waals surface area contributed by atoms with Gasteiger partial charge in [-0.25, -0.2) is 9.18 Å². The van der Waals surface area contributed by atoms with Gasteiger partial charge in [0, 0.05) is 11.5 Å². The lowest BCUT2D eigenvalue weighted by molar-refractivity contribution is -0.144. The minimum absolute atomic E-state index is 0.243. The Kier molecular flexibility index (Phi) is 4.68. The van der Waals surface area contributed by atoms with Gasteiger partial charge in [0.05, 0.1) is 20.3 Å². The molecule has 1 heterocycles. The average Bonchev–Trinajstić information content (AvgIpc) is 2.41. The molecule has 1 unspecified atom stereocenters. The first kappa shape index (κ1) is 14.5.